The lowest BCUT2D eigenvalue weighted by atomic mass is 9.78. The number of phenols is 1. The lowest BCUT2D eigenvalue weighted by Gasteiger charge is -2.28. The van der Waals surface area contributed by atoms with Crippen molar-refractivity contribution < 1.29 is 19.4 Å². The molecule has 0 amide bonds. The van der Waals surface area contributed by atoms with E-state index in [2.05, 4.69) is 5.10 Å². The first-order valence-corrected chi connectivity index (χ1v) is 8.91. The van der Waals surface area contributed by atoms with Crippen molar-refractivity contribution in [1.82, 2.24) is 9.78 Å². The summed E-state index contributed by atoms with van der Waals surface area (Å²) in [6.45, 7) is 13.1. The van der Waals surface area contributed by atoms with E-state index in [0.717, 1.165) is 16.7 Å². The highest BCUT2D eigenvalue weighted by Crippen LogP contribution is 2.41. The van der Waals surface area contributed by atoms with Gasteiger partial charge in [-0.25, -0.2) is 4.68 Å². The standard InChI is InChI=1S/C21H28N2O4/c1-13(24)27-12-18(25)23-9-8-17(22-23)14-10-15(20(2,3)4)19(26)16(11-14)21(5,6)7/h8-11,26H,12H2,1-7H3. The monoisotopic (exact) mass is 372 g/mol. The van der Waals surface area contributed by atoms with Crippen LogP contribution in [0.25, 0.3) is 11.3 Å². The molecular formula is C21H28N2O4. The molecule has 0 saturated heterocycles. The van der Waals surface area contributed by atoms with Gasteiger partial charge in [0.15, 0.2) is 6.61 Å². The van der Waals surface area contributed by atoms with Crippen molar-refractivity contribution >= 4 is 11.9 Å². The number of ether oxygens (including phenoxy) is 1. The molecule has 27 heavy (non-hydrogen) atoms. The first kappa shape index (κ1) is 20.7. The van der Waals surface area contributed by atoms with E-state index in [1.807, 2.05) is 53.7 Å². The molecule has 1 aromatic carbocycles. The normalized spacial score (nSPS) is 12.1. The van der Waals surface area contributed by atoms with Gasteiger partial charge in [-0.3, -0.25) is 9.59 Å². The minimum absolute atomic E-state index is 0.256. The third-order valence-corrected chi connectivity index (χ3v) is 4.27. The van der Waals surface area contributed by atoms with E-state index in [-0.39, 0.29) is 17.4 Å². The molecule has 0 saturated carbocycles. The van der Waals surface area contributed by atoms with Crippen LogP contribution in [0.1, 0.15) is 64.4 Å². The predicted octanol–water partition coefficient (Wildman–Crippen LogP) is 4.05. The van der Waals surface area contributed by atoms with Crippen LogP contribution in [0.5, 0.6) is 5.75 Å². The van der Waals surface area contributed by atoms with Crippen LogP contribution in [0, 0.1) is 0 Å². The summed E-state index contributed by atoms with van der Waals surface area (Å²) >= 11 is 0. The van der Waals surface area contributed by atoms with Crippen LogP contribution in [0.2, 0.25) is 0 Å². The van der Waals surface area contributed by atoms with Gasteiger partial charge in [0.25, 0.3) is 5.91 Å². The molecule has 1 heterocycles. The number of esters is 1. The highest BCUT2D eigenvalue weighted by molar-refractivity contribution is 5.82. The van der Waals surface area contributed by atoms with Gasteiger partial charge in [-0.15, -0.1) is 0 Å². The van der Waals surface area contributed by atoms with E-state index in [4.69, 9.17) is 4.74 Å². The van der Waals surface area contributed by atoms with Gasteiger partial charge in [0.1, 0.15) is 5.75 Å². The summed E-state index contributed by atoms with van der Waals surface area (Å²) in [7, 11) is 0. The van der Waals surface area contributed by atoms with Crippen molar-refractivity contribution in [3.63, 3.8) is 0 Å². The number of hydrogen-bond acceptors (Lipinski definition) is 5. The van der Waals surface area contributed by atoms with E-state index < -0.39 is 11.9 Å². The Hall–Kier alpha value is -2.63. The van der Waals surface area contributed by atoms with Crippen LogP contribution in [0.3, 0.4) is 0 Å². The van der Waals surface area contributed by atoms with E-state index in [1.165, 1.54) is 11.6 Å². The van der Waals surface area contributed by atoms with E-state index >= 15 is 0 Å². The molecule has 0 radical (unpaired) electrons. The second-order valence-electron chi connectivity index (χ2n) is 8.74. The number of carbonyl (C=O) groups excluding carboxylic acids is 2. The lowest BCUT2D eigenvalue weighted by molar-refractivity contribution is -0.139. The molecular weight excluding hydrogens is 344 g/mol. The molecule has 0 unspecified atom stereocenters. The number of rotatable bonds is 3. The van der Waals surface area contributed by atoms with Crippen LogP contribution in [0.15, 0.2) is 24.4 Å². The fourth-order valence-electron chi connectivity index (χ4n) is 2.77. The molecule has 0 atom stereocenters. The number of phenolic OH excluding ortho intramolecular Hbond substituents is 1. The smallest absolute Gasteiger partial charge is 0.303 e. The summed E-state index contributed by atoms with van der Waals surface area (Å²) in [6.07, 6.45) is 1.54. The van der Waals surface area contributed by atoms with Crippen LogP contribution < -0.4 is 0 Å². The Bertz CT molecular complexity index is 832. The first-order valence-electron chi connectivity index (χ1n) is 8.91. The zero-order valence-corrected chi connectivity index (χ0v) is 17.1. The maximum absolute atomic E-state index is 12.1. The molecule has 0 aliphatic carbocycles. The highest BCUT2D eigenvalue weighted by atomic mass is 16.5. The minimum Gasteiger partial charge on any atom is -0.507 e. The maximum Gasteiger partial charge on any atom is 0.303 e. The van der Waals surface area contributed by atoms with Crippen molar-refractivity contribution in [2.45, 2.75) is 59.3 Å². The number of aromatic nitrogens is 2. The summed E-state index contributed by atoms with van der Waals surface area (Å²) in [5.74, 6) is -0.648. The summed E-state index contributed by atoms with van der Waals surface area (Å²) in [6, 6.07) is 5.55. The van der Waals surface area contributed by atoms with Gasteiger partial charge in [0.05, 0.1) is 5.69 Å². The zero-order valence-electron chi connectivity index (χ0n) is 17.1. The molecule has 0 spiro atoms. The second kappa shape index (κ2) is 7.18. The number of benzene rings is 1. The number of nitrogens with zero attached hydrogens (tertiary/aromatic N) is 2. The molecule has 0 aliphatic heterocycles. The molecule has 2 rings (SSSR count). The molecule has 6 heteroatoms. The van der Waals surface area contributed by atoms with E-state index in [0.29, 0.717) is 11.4 Å². The molecule has 2 aromatic rings. The van der Waals surface area contributed by atoms with Crippen molar-refractivity contribution in [2.24, 2.45) is 0 Å². The fraction of sp³-hybridized carbons (Fsp3) is 0.476. The zero-order chi connectivity index (χ0) is 20.6. The van der Waals surface area contributed by atoms with Crippen LogP contribution in [0.4, 0.5) is 0 Å². The fourth-order valence-corrected chi connectivity index (χ4v) is 2.77. The third-order valence-electron chi connectivity index (χ3n) is 4.27. The van der Waals surface area contributed by atoms with Crippen molar-refractivity contribution in [2.75, 3.05) is 6.61 Å². The average molecular weight is 372 g/mol. The number of hydrogen-bond donors (Lipinski definition) is 1. The predicted molar refractivity (Wildman–Crippen MR) is 104 cm³/mol. The summed E-state index contributed by atoms with van der Waals surface area (Å²) in [4.78, 5) is 23.0. The highest BCUT2D eigenvalue weighted by Gasteiger charge is 2.27. The molecule has 146 valence electrons. The Morgan fingerprint density at radius 1 is 1.07 bits per heavy atom. The van der Waals surface area contributed by atoms with Gasteiger partial charge in [0.2, 0.25) is 0 Å². The maximum atomic E-state index is 12.1. The molecule has 6 nitrogen and oxygen atoms in total. The number of aromatic hydroxyl groups is 1. The van der Waals surface area contributed by atoms with Crippen molar-refractivity contribution in [3.05, 3.63) is 35.5 Å². The quantitative estimate of drug-likeness (QED) is 0.822. The third kappa shape index (κ3) is 4.76. The molecule has 0 fully saturated rings. The van der Waals surface area contributed by atoms with Crippen LogP contribution >= 0.6 is 0 Å². The number of carbonyl (C=O) groups is 2. The largest absolute Gasteiger partial charge is 0.507 e. The first-order chi connectivity index (χ1) is 12.3. The van der Waals surface area contributed by atoms with E-state index in [1.54, 1.807) is 12.3 Å². The second-order valence-corrected chi connectivity index (χ2v) is 8.74. The molecule has 1 aromatic heterocycles. The van der Waals surface area contributed by atoms with Gasteiger partial charge < -0.3 is 9.84 Å². The molecule has 0 aliphatic rings. The van der Waals surface area contributed by atoms with Crippen LogP contribution in [-0.2, 0) is 20.4 Å². The summed E-state index contributed by atoms with van der Waals surface area (Å²) in [5, 5.41) is 15.1. The Morgan fingerprint density at radius 2 is 1.59 bits per heavy atom. The van der Waals surface area contributed by atoms with Gasteiger partial charge in [-0.05, 0) is 29.0 Å². The summed E-state index contributed by atoms with van der Waals surface area (Å²) in [5.41, 5.74) is 2.57. The Balaban J connectivity index is 2.50. The summed E-state index contributed by atoms with van der Waals surface area (Å²) < 4.78 is 5.90. The van der Waals surface area contributed by atoms with Crippen molar-refractivity contribution in [3.8, 4) is 17.0 Å². The Kier molecular flexibility index (Phi) is 5.50. The Morgan fingerprint density at radius 3 is 2.04 bits per heavy atom. The molecule has 0 bridgehead atoms. The average Bonchev–Trinajstić information content (AvgIpc) is 3.00. The van der Waals surface area contributed by atoms with Gasteiger partial charge >= 0.3 is 5.97 Å². The SMILES string of the molecule is CC(=O)OCC(=O)n1ccc(-c2cc(C(C)(C)C)c(O)c(C(C)(C)C)c2)n1. The minimum atomic E-state index is -0.515. The van der Waals surface area contributed by atoms with E-state index in [9.17, 15) is 14.7 Å². The van der Waals surface area contributed by atoms with Gasteiger partial charge in [-0.1, -0.05) is 41.5 Å². The Labute approximate surface area is 160 Å². The van der Waals surface area contributed by atoms with Gasteiger partial charge in [0, 0.05) is 29.8 Å². The van der Waals surface area contributed by atoms with Crippen LogP contribution in [-0.4, -0.2) is 33.4 Å². The molecule has 1 N–H and O–H groups in total. The lowest BCUT2D eigenvalue weighted by Crippen LogP contribution is -2.19. The topological polar surface area (TPSA) is 81.4 Å². The van der Waals surface area contributed by atoms with Gasteiger partial charge in [-0.2, -0.15) is 5.10 Å². The van der Waals surface area contributed by atoms with Crippen molar-refractivity contribution in [1.29, 1.82) is 0 Å².